The molecule has 5 unspecified atom stereocenters. The molecule has 12 rings (SSSR count). The van der Waals surface area contributed by atoms with Gasteiger partial charge >= 0.3 is 0 Å². The predicted molar refractivity (Wildman–Crippen MR) is 220 cm³/mol. The zero-order valence-electron chi connectivity index (χ0n) is 33.9. The highest BCUT2D eigenvalue weighted by molar-refractivity contribution is 6.17. The molecule has 8 bridgehead atoms. The summed E-state index contributed by atoms with van der Waals surface area (Å²) < 4.78 is 30.4. The van der Waals surface area contributed by atoms with Crippen LogP contribution in [0.25, 0.3) is 0 Å². The Labute approximate surface area is 343 Å². The Bertz CT molecular complexity index is 1910. The molecule has 2 aromatic rings. The first-order valence-electron chi connectivity index (χ1n) is 22.3. The van der Waals surface area contributed by atoms with Crippen molar-refractivity contribution in [2.75, 3.05) is 19.0 Å². The lowest BCUT2D eigenvalue weighted by atomic mass is 9.33. The van der Waals surface area contributed by atoms with Gasteiger partial charge in [-0.3, -0.25) is 9.59 Å². The van der Waals surface area contributed by atoms with Crippen LogP contribution in [0.3, 0.4) is 0 Å². The molecule has 9 atom stereocenters. The fourth-order valence-corrected chi connectivity index (χ4v) is 17.0. The number of nitrogens with two attached hydrogens (primary N) is 1. The zero-order valence-corrected chi connectivity index (χ0v) is 34.6. The molecule has 10 fully saturated rings. The Morgan fingerprint density at radius 2 is 1.35 bits per heavy atom. The maximum Gasteiger partial charge on any atom is 0.280 e. The molecule has 0 aromatic heterocycles. The number of carbonyl (C=O) groups excluding carboxylic acids is 2. The third-order valence-corrected chi connectivity index (χ3v) is 17.7. The number of hydrogen-bond acceptors (Lipinski definition) is 4. The van der Waals surface area contributed by atoms with Gasteiger partial charge in [0.15, 0.2) is 0 Å². The van der Waals surface area contributed by atoms with Gasteiger partial charge in [0, 0.05) is 18.0 Å². The summed E-state index contributed by atoms with van der Waals surface area (Å²) in [6.45, 7) is 2.44. The second-order valence-electron chi connectivity index (χ2n) is 22.0. The summed E-state index contributed by atoms with van der Waals surface area (Å²) in [5.74, 6) is -1.75. The van der Waals surface area contributed by atoms with Crippen LogP contribution in [0.1, 0.15) is 139 Å². The summed E-state index contributed by atoms with van der Waals surface area (Å²) in [6, 6.07) is 19.6. The summed E-state index contributed by atoms with van der Waals surface area (Å²) >= 11 is 6.58. The molecule has 10 aliphatic rings. The Hall–Kier alpha value is -2.55. The molecule has 5 N–H and O–H groups in total. The molecular formula is C48H63ClF2N4O2. The van der Waals surface area contributed by atoms with Gasteiger partial charge in [-0.25, -0.2) is 8.78 Å². The predicted octanol–water partition coefficient (Wildman–Crippen LogP) is 8.57. The van der Waals surface area contributed by atoms with Crippen LogP contribution in [0.4, 0.5) is 8.78 Å². The molecule has 2 aromatic carbocycles. The van der Waals surface area contributed by atoms with Gasteiger partial charge in [-0.2, -0.15) is 0 Å². The van der Waals surface area contributed by atoms with E-state index in [0.29, 0.717) is 31.2 Å². The molecule has 308 valence electrons. The van der Waals surface area contributed by atoms with E-state index in [4.69, 9.17) is 17.3 Å². The first-order chi connectivity index (χ1) is 27.2. The third kappa shape index (κ3) is 6.25. The molecule has 9 saturated carbocycles. The molecule has 57 heavy (non-hydrogen) atoms. The molecule has 6 nitrogen and oxygen atoms in total. The SMILES string of the molecule is C[C@@]12CC3(C(=O)NC4CCNCC4(F)F)CC(c4ccc([C@]56CC7CC(C(=O)NC8CCC(N)CC8)(C[C@](CCCl)(C7)C5)C6)cc4)(C1)C[C@](c1ccccc1)(C3)C2. The van der Waals surface area contributed by atoms with Crippen molar-refractivity contribution >= 4 is 23.4 Å². The maximum absolute atomic E-state index is 15.2. The number of piperidine rings is 1. The number of amides is 2. The van der Waals surface area contributed by atoms with E-state index in [2.05, 4.69) is 77.5 Å². The van der Waals surface area contributed by atoms with Gasteiger partial charge in [0.2, 0.25) is 11.8 Å². The van der Waals surface area contributed by atoms with E-state index in [9.17, 15) is 9.59 Å². The summed E-state index contributed by atoms with van der Waals surface area (Å²) in [7, 11) is 0. The van der Waals surface area contributed by atoms with Gasteiger partial charge in [0.25, 0.3) is 5.92 Å². The van der Waals surface area contributed by atoms with E-state index >= 15 is 8.78 Å². The van der Waals surface area contributed by atoms with Crippen LogP contribution in [0.5, 0.6) is 0 Å². The third-order valence-electron chi connectivity index (χ3n) is 17.5. The summed E-state index contributed by atoms with van der Waals surface area (Å²) in [5, 5.41) is 9.37. The van der Waals surface area contributed by atoms with E-state index in [0.717, 1.165) is 89.9 Å². The molecule has 2 amide bonds. The van der Waals surface area contributed by atoms with Gasteiger partial charge < -0.3 is 21.7 Å². The van der Waals surface area contributed by atoms with E-state index in [1.165, 1.54) is 23.1 Å². The average molecular weight is 802 g/mol. The molecular weight excluding hydrogens is 738 g/mol. The van der Waals surface area contributed by atoms with Crippen LogP contribution >= 0.6 is 11.6 Å². The first-order valence-corrected chi connectivity index (χ1v) is 22.9. The van der Waals surface area contributed by atoms with Crippen molar-refractivity contribution in [1.29, 1.82) is 0 Å². The summed E-state index contributed by atoms with van der Waals surface area (Å²) in [5.41, 5.74) is 8.48. The highest BCUT2D eigenvalue weighted by Gasteiger charge is 2.70. The lowest BCUT2D eigenvalue weighted by Crippen LogP contribution is -2.68. The number of nitrogens with one attached hydrogen (secondary N) is 3. The van der Waals surface area contributed by atoms with Crippen LogP contribution in [-0.2, 0) is 25.8 Å². The first kappa shape index (κ1) is 38.6. The largest absolute Gasteiger partial charge is 0.353 e. The Morgan fingerprint density at radius 1 is 0.719 bits per heavy atom. The van der Waals surface area contributed by atoms with Gasteiger partial charge in [0.1, 0.15) is 0 Å². The number of benzene rings is 2. The topological polar surface area (TPSA) is 96.2 Å². The molecule has 0 radical (unpaired) electrons. The van der Waals surface area contributed by atoms with Crippen LogP contribution < -0.4 is 21.7 Å². The number of carbonyl (C=O) groups is 2. The molecule has 1 heterocycles. The van der Waals surface area contributed by atoms with E-state index in [1.54, 1.807) is 0 Å². The van der Waals surface area contributed by atoms with Crippen molar-refractivity contribution in [3.63, 3.8) is 0 Å². The summed E-state index contributed by atoms with van der Waals surface area (Å²) in [6.07, 6.45) is 16.3. The van der Waals surface area contributed by atoms with Gasteiger partial charge in [-0.15, -0.1) is 11.6 Å². The van der Waals surface area contributed by atoms with Crippen molar-refractivity contribution in [3.8, 4) is 0 Å². The normalized spacial score (nSPS) is 45.1. The molecule has 9 aliphatic carbocycles. The fourth-order valence-electron chi connectivity index (χ4n) is 16.6. The Kier molecular flexibility index (Phi) is 8.96. The number of hydrogen-bond donors (Lipinski definition) is 4. The quantitative estimate of drug-likeness (QED) is 0.191. The van der Waals surface area contributed by atoms with Crippen molar-refractivity contribution in [1.82, 2.24) is 16.0 Å². The monoisotopic (exact) mass is 800 g/mol. The van der Waals surface area contributed by atoms with Crippen LogP contribution in [0.2, 0.25) is 0 Å². The molecule has 1 aliphatic heterocycles. The minimum Gasteiger partial charge on any atom is -0.353 e. The Morgan fingerprint density at radius 3 is 2.02 bits per heavy atom. The number of halogens is 3. The van der Waals surface area contributed by atoms with Gasteiger partial charge in [-0.05, 0) is 172 Å². The number of alkyl halides is 3. The zero-order chi connectivity index (χ0) is 39.5. The van der Waals surface area contributed by atoms with E-state index in [1.807, 2.05) is 0 Å². The second-order valence-corrected chi connectivity index (χ2v) is 22.4. The van der Waals surface area contributed by atoms with Crippen LogP contribution in [0.15, 0.2) is 54.6 Å². The van der Waals surface area contributed by atoms with Crippen molar-refractivity contribution in [2.45, 2.75) is 163 Å². The van der Waals surface area contributed by atoms with Gasteiger partial charge in [0.05, 0.1) is 23.4 Å². The lowest BCUT2D eigenvalue weighted by molar-refractivity contribution is -0.169. The smallest absolute Gasteiger partial charge is 0.280 e. The minimum atomic E-state index is -2.98. The van der Waals surface area contributed by atoms with Crippen LogP contribution in [0, 0.1) is 27.6 Å². The van der Waals surface area contributed by atoms with Gasteiger partial charge in [-0.1, -0.05) is 61.5 Å². The Balaban J connectivity index is 0.993. The summed E-state index contributed by atoms with van der Waals surface area (Å²) in [4.78, 5) is 29.3. The highest BCUT2D eigenvalue weighted by atomic mass is 35.5. The van der Waals surface area contributed by atoms with E-state index in [-0.39, 0.29) is 62.8 Å². The number of rotatable bonds is 9. The highest BCUT2D eigenvalue weighted by Crippen LogP contribution is 2.75. The standard InChI is InChI=1S/C48H63ClF2N4O2/c1-41-22-45(33-5-3-2-4-6-33)28-46(23-41,30-47(24-41,29-45)40(57)55-38-15-18-53-31-48(38,50)51)35-9-7-34(8-10-35)43-20-32-19-42(25-43,16-17-49)26-44(21-32,27-43)39(56)54-37-13-11-36(52)12-14-37/h2-10,32,36-38,53H,11-31,52H2,1H3,(H,54,56)(H,55,57)/t32?,36?,37?,38?,41-,42+,43+,44?,45-,46?,47?/m0/s1. The van der Waals surface area contributed by atoms with Crippen molar-refractivity contribution < 1.29 is 18.4 Å². The fraction of sp³-hybridized carbons (Fsp3) is 0.708. The average Bonchev–Trinajstić information content (AvgIpc) is 3.15. The maximum atomic E-state index is 15.2. The second kappa shape index (κ2) is 13.2. The lowest BCUT2D eigenvalue weighted by Gasteiger charge is -2.70. The van der Waals surface area contributed by atoms with Crippen LogP contribution in [-0.4, -0.2) is 54.8 Å². The molecule has 9 heteroatoms. The minimum absolute atomic E-state index is 0.0732. The van der Waals surface area contributed by atoms with E-state index < -0.39 is 23.9 Å². The van der Waals surface area contributed by atoms with Crippen molar-refractivity contribution in [2.24, 2.45) is 33.3 Å². The molecule has 0 spiro atoms. The molecule has 1 saturated heterocycles. The van der Waals surface area contributed by atoms with Crippen molar-refractivity contribution in [3.05, 3.63) is 71.3 Å².